The van der Waals surface area contributed by atoms with E-state index in [4.69, 9.17) is 4.74 Å². The van der Waals surface area contributed by atoms with Crippen molar-refractivity contribution in [3.8, 4) is 0 Å². The van der Waals surface area contributed by atoms with Gasteiger partial charge in [0.1, 0.15) is 11.9 Å². The van der Waals surface area contributed by atoms with Crippen molar-refractivity contribution in [1.82, 2.24) is 14.5 Å². The predicted octanol–water partition coefficient (Wildman–Crippen LogP) is 1.44. The van der Waals surface area contributed by atoms with Gasteiger partial charge in [-0.3, -0.25) is 14.5 Å². The van der Waals surface area contributed by atoms with E-state index < -0.39 is 16.1 Å². The summed E-state index contributed by atoms with van der Waals surface area (Å²) in [6, 6.07) is 5.89. The van der Waals surface area contributed by atoms with Crippen LogP contribution in [0, 0.1) is 5.92 Å². The molecular weight excluding hydrogens is 408 g/mol. The Labute approximate surface area is 177 Å². The molecule has 1 saturated heterocycles. The van der Waals surface area contributed by atoms with Gasteiger partial charge in [-0.25, -0.2) is 13.2 Å². The minimum absolute atomic E-state index is 0.0784. The second kappa shape index (κ2) is 9.03. The van der Waals surface area contributed by atoms with Gasteiger partial charge in [-0.15, -0.1) is 0 Å². The van der Waals surface area contributed by atoms with Crippen molar-refractivity contribution in [2.24, 2.45) is 10.9 Å². The topological polar surface area (TPSA) is 108 Å². The first-order chi connectivity index (χ1) is 14.3. The molecule has 1 aromatic carbocycles. The number of piperazine rings is 1. The lowest BCUT2D eigenvalue weighted by atomic mass is 9.97. The molecule has 1 aromatic rings. The molecule has 2 aliphatic rings. The van der Waals surface area contributed by atoms with E-state index in [0.717, 1.165) is 0 Å². The highest BCUT2D eigenvalue weighted by Gasteiger charge is 2.35. The molecule has 3 rings (SSSR count). The zero-order valence-electron chi connectivity index (χ0n) is 17.5. The molecule has 0 radical (unpaired) electrons. The Morgan fingerprint density at radius 1 is 1.13 bits per heavy atom. The zero-order valence-corrected chi connectivity index (χ0v) is 18.3. The summed E-state index contributed by atoms with van der Waals surface area (Å²) in [7, 11) is -3.67. The lowest BCUT2D eigenvalue weighted by Gasteiger charge is -2.36. The van der Waals surface area contributed by atoms with E-state index in [1.54, 1.807) is 34.9 Å². The molecule has 0 aliphatic carbocycles. The van der Waals surface area contributed by atoms with Gasteiger partial charge < -0.3 is 14.5 Å². The first-order valence-corrected chi connectivity index (χ1v) is 11.7. The molecule has 2 heterocycles. The van der Waals surface area contributed by atoms with E-state index in [0.29, 0.717) is 44.8 Å². The number of nitrogens with one attached hydrogen (secondary N) is 1. The molecule has 2 atom stereocenters. The normalized spacial score (nSPS) is 21.0. The van der Waals surface area contributed by atoms with Gasteiger partial charge in [0.05, 0.1) is 11.5 Å². The van der Waals surface area contributed by atoms with Gasteiger partial charge in [-0.2, -0.15) is 0 Å². The van der Waals surface area contributed by atoms with E-state index >= 15 is 0 Å². The number of amidine groups is 1. The van der Waals surface area contributed by atoms with Crippen LogP contribution in [0.1, 0.15) is 32.8 Å². The number of rotatable bonds is 5. The zero-order chi connectivity index (χ0) is 21.9. The predicted molar refractivity (Wildman–Crippen MR) is 112 cm³/mol. The van der Waals surface area contributed by atoms with Gasteiger partial charge in [0.15, 0.2) is 0 Å². The summed E-state index contributed by atoms with van der Waals surface area (Å²) in [5.74, 6) is -0.0382. The third kappa shape index (κ3) is 4.43. The van der Waals surface area contributed by atoms with E-state index in [9.17, 15) is 18.0 Å². The van der Waals surface area contributed by atoms with Crippen molar-refractivity contribution < 1.29 is 22.7 Å². The third-order valence-electron chi connectivity index (χ3n) is 5.48. The number of benzene rings is 1. The largest absolute Gasteiger partial charge is 0.450 e. The Morgan fingerprint density at radius 3 is 2.40 bits per heavy atom. The van der Waals surface area contributed by atoms with Crippen LogP contribution in [0.25, 0.3) is 0 Å². The second-order valence-corrected chi connectivity index (χ2v) is 9.07. The fraction of sp³-hybridized carbons (Fsp3) is 0.550. The number of hydrogen-bond donors (Lipinski definition) is 1. The first-order valence-electron chi connectivity index (χ1n) is 10.2. The van der Waals surface area contributed by atoms with Crippen LogP contribution in [0.3, 0.4) is 0 Å². The maximum absolute atomic E-state index is 13.3. The molecule has 30 heavy (non-hydrogen) atoms. The number of amides is 2. The van der Waals surface area contributed by atoms with E-state index in [1.165, 1.54) is 6.07 Å². The Hall–Kier alpha value is -2.62. The molecule has 2 aliphatic heterocycles. The van der Waals surface area contributed by atoms with Crippen LogP contribution >= 0.6 is 0 Å². The van der Waals surface area contributed by atoms with Crippen molar-refractivity contribution >= 4 is 27.9 Å². The quantitative estimate of drug-likeness (QED) is 0.751. The summed E-state index contributed by atoms with van der Waals surface area (Å²) in [5.41, 5.74) is 0.478. The molecule has 0 saturated carbocycles. The van der Waals surface area contributed by atoms with E-state index in [-0.39, 0.29) is 28.6 Å². The molecule has 0 bridgehead atoms. The lowest BCUT2D eigenvalue weighted by Crippen LogP contribution is -2.53. The number of nitrogens with zero attached hydrogens (tertiary/aromatic N) is 3. The van der Waals surface area contributed by atoms with Gasteiger partial charge in [-0.1, -0.05) is 32.4 Å². The van der Waals surface area contributed by atoms with Gasteiger partial charge in [-0.05, 0) is 25.0 Å². The molecule has 0 aromatic heterocycles. The van der Waals surface area contributed by atoms with Crippen molar-refractivity contribution in [3.05, 3.63) is 29.8 Å². The van der Waals surface area contributed by atoms with Gasteiger partial charge >= 0.3 is 6.09 Å². The summed E-state index contributed by atoms with van der Waals surface area (Å²) < 4.78 is 32.2. The van der Waals surface area contributed by atoms with Crippen LogP contribution < -0.4 is 4.72 Å². The molecular formula is C20H28N4O5S. The standard InChI is InChI=1S/C20H28N4O5S/c1-4-14(3)17(19(25)23-10-12-24(13-11-23)20(26)29-5-2)21-18-15-8-6-7-9-16(15)30(27,28)22-18/h6-9,14,17H,4-5,10-13H2,1-3H3,(H,21,22)/t14-,17-/m0/s1. The minimum atomic E-state index is -3.67. The Morgan fingerprint density at radius 2 is 1.77 bits per heavy atom. The number of hydrogen-bond acceptors (Lipinski definition) is 6. The van der Waals surface area contributed by atoms with Crippen molar-refractivity contribution in [3.63, 3.8) is 0 Å². The average Bonchev–Trinajstić information content (AvgIpc) is 3.01. The maximum Gasteiger partial charge on any atom is 0.409 e. The summed E-state index contributed by atoms with van der Waals surface area (Å²) in [5, 5.41) is 0. The average molecular weight is 437 g/mol. The highest BCUT2D eigenvalue weighted by molar-refractivity contribution is 7.90. The monoisotopic (exact) mass is 436 g/mol. The maximum atomic E-state index is 13.3. The number of carbonyl (C=O) groups is 2. The summed E-state index contributed by atoms with van der Waals surface area (Å²) in [6.45, 7) is 7.52. The summed E-state index contributed by atoms with van der Waals surface area (Å²) in [4.78, 5) is 33.2. The highest BCUT2D eigenvalue weighted by atomic mass is 32.2. The van der Waals surface area contributed by atoms with Crippen molar-refractivity contribution in [1.29, 1.82) is 0 Å². The van der Waals surface area contributed by atoms with Crippen molar-refractivity contribution in [2.75, 3.05) is 32.8 Å². The number of carbonyl (C=O) groups excluding carboxylic acids is 2. The Kier molecular flexibility index (Phi) is 6.64. The molecule has 0 unspecified atom stereocenters. The van der Waals surface area contributed by atoms with Crippen LogP contribution in [-0.4, -0.2) is 74.9 Å². The molecule has 1 fully saturated rings. The Balaban J connectivity index is 1.80. The number of aliphatic imine (C=N–C) groups is 1. The number of ether oxygens (including phenoxy) is 1. The minimum Gasteiger partial charge on any atom is -0.450 e. The van der Waals surface area contributed by atoms with Crippen LogP contribution in [0.15, 0.2) is 34.2 Å². The van der Waals surface area contributed by atoms with E-state index in [2.05, 4.69) is 9.71 Å². The third-order valence-corrected chi connectivity index (χ3v) is 6.88. The number of fused-ring (bicyclic) bond motifs is 1. The van der Waals surface area contributed by atoms with Crippen molar-refractivity contribution in [2.45, 2.75) is 38.1 Å². The summed E-state index contributed by atoms with van der Waals surface area (Å²) in [6.07, 6.45) is 0.338. The fourth-order valence-corrected chi connectivity index (χ4v) is 4.77. The van der Waals surface area contributed by atoms with Crippen LogP contribution in [0.4, 0.5) is 4.79 Å². The van der Waals surface area contributed by atoms with Crippen LogP contribution in [0.5, 0.6) is 0 Å². The molecule has 0 spiro atoms. The molecule has 1 N–H and O–H groups in total. The number of sulfonamides is 1. The van der Waals surface area contributed by atoms with Crippen LogP contribution in [0.2, 0.25) is 0 Å². The van der Waals surface area contributed by atoms with Gasteiger partial charge in [0.25, 0.3) is 10.0 Å². The second-order valence-electron chi connectivity index (χ2n) is 7.42. The van der Waals surface area contributed by atoms with E-state index in [1.807, 2.05) is 13.8 Å². The molecule has 2 amide bonds. The molecule has 9 nitrogen and oxygen atoms in total. The SMILES string of the molecule is CCOC(=O)N1CCN(C(=O)[C@@H](N=C2NS(=O)(=O)c3ccccc32)[C@@H](C)CC)CC1. The fourth-order valence-electron chi connectivity index (χ4n) is 3.53. The van der Waals surface area contributed by atoms with Crippen LogP contribution in [-0.2, 0) is 19.6 Å². The smallest absolute Gasteiger partial charge is 0.409 e. The summed E-state index contributed by atoms with van der Waals surface area (Å²) >= 11 is 0. The van der Waals surface area contributed by atoms with Gasteiger partial charge in [0, 0.05) is 31.7 Å². The molecule has 164 valence electrons. The Bertz CT molecular complexity index is 938. The highest BCUT2D eigenvalue weighted by Crippen LogP contribution is 2.24. The first kappa shape index (κ1) is 22.1. The lowest BCUT2D eigenvalue weighted by molar-refractivity contribution is -0.135. The molecule has 10 heteroatoms. The van der Waals surface area contributed by atoms with Gasteiger partial charge in [0.2, 0.25) is 5.91 Å².